The van der Waals surface area contributed by atoms with Crippen LogP contribution in [0.4, 0.5) is 0 Å². The number of ketones is 1. The van der Waals surface area contributed by atoms with Crippen LogP contribution in [0, 0.1) is 0 Å². The van der Waals surface area contributed by atoms with E-state index in [0.717, 1.165) is 106 Å². The molecular weight excluding hydrogens is 841 g/mol. The van der Waals surface area contributed by atoms with Crippen molar-refractivity contribution in [3.05, 3.63) is 260 Å². The van der Waals surface area contributed by atoms with Crippen molar-refractivity contribution >= 4 is 11.4 Å². The van der Waals surface area contributed by atoms with Gasteiger partial charge in [0, 0.05) is 36.0 Å². The molecule has 0 unspecified atom stereocenters. The molecule has 0 radical (unpaired) electrons. The number of rotatable bonds is 15. The molecule has 9 aromatic rings. The zero-order chi connectivity index (χ0) is 47.5. The van der Waals surface area contributed by atoms with Crippen LogP contribution < -0.4 is 0 Å². The number of hydrogen-bond acceptors (Lipinski definition) is 4. The number of hydrogen-bond donors (Lipinski definition) is 1. The molecule has 0 aliphatic rings. The van der Waals surface area contributed by atoms with Crippen molar-refractivity contribution in [1.82, 2.24) is 9.97 Å². The molecule has 0 aliphatic heterocycles. The Morgan fingerprint density at radius 2 is 0.942 bits per heavy atom. The first kappa shape index (κ1) is 45.4. The fourth-order valence-electron chi connectivity index (χ4n) is 8.86. The number of carbonyl (C=O) groups is 1. The highest BCUT2D eigenvalue weighted by Gasteiger charge is 2.17. The minimum atomic E-state index is -0.124. The molecule has 0 bridgehead atoms. The Bertz CT molecular complexity index is 3200. The SMILES string of the molecule is C=C(/C=C\C=C/C)c1ccc(-c2ccc(-c3cc(-c4ccccc4-c4ccc(-c5ccccn5)cc4)cc(-c4ccccc4-c4ccc(-c5ccccn5)cc4)c3)c(CCC(=O)/C=C(/C)O)c2)cc1. The number of aliphatic hydroxyl groups is 1. The number of carbonyl (C=O) groups excluding carboxylic acids is 1. The molecule has 0 aliphatic carbocycles. The van der Waals surface area contributed by atoms with E-state index >= 15 is 0 Å². The van der Waals surface area contributed by atoms with Gasteiger partial charge in [-0.2, -0.15) is 0 Å². The maximum atomic E-state index is 13.2. The molecule has 1 N–H and O–H groups in total. The second-order valence-electron chi connectivity index (χ2n) is 17.1. The van der Waals surface area contributed by atoms with Crippen molar-refractivity contribution in [2.24, 2.45) is 0 Å². The third-order valence-corrected chi connectivity index (χ3v) is 12.3. The fourth-order valence-corrected chi connectivity index (χ4v) is 8.86. The van der Waals surface area contributed by atoms with Gasteiger partial charge in [0.15, 0.2) is 5.78 Å². The van der Waals surface area contributed by atoms with E-state index in [2.05, 4.69) is 174 Å². The highest BCUT2D eigenvalue weighted by Crippen LogP contribution is 2.42. The Morgan fingerprint density at radius 3 is 1.42 bits per heavy atom. The van der Waals surface area contributed by atoms with Crippen LogP contribution >= 0.6 is 0 Å². The van der Waals surface area contributed by atoms with Gasteiger partial charge in [0.2, 0.25) is 0 Å². The number of allylic oxidation sites excluding steroid dienone is 7. The quantitative estimate of drug-likeness (QED) is 0.0633. The summed E-state index contributed by atoms with van der Waals surface area (Å²) in [5.74, 6) is -0.121. The van der Waals surface area contributed by atoms with E-state index in [4.69, 9.17) is 0 Å². The van der Waals surface area contributed by atoms with E-state index < -0.39 is 0 Å². The molecule has 4 heteroatoms. The van der Waals surface area contributed by atoms with Crippen molar-refractivity contribution in [2.45, 2.75) is 26.7 Å². The second kappa shape index (κ2) is 21.3. The summed E-state index contributed by atoms with van der Waals surface area (Å²) in [6.07, 6.45) is 13.7. The van der Waals surface area contributed by atoms with Gasteiger partial charge in [0.05, 0.1) is 17.1 Å². The molecule has 334 valence electrons. The van der Waals surface area contributed by atoms with E-state index in [-0.39, 0.29) is 18.0 Å². The van der Waals surface area contributed by atoms with Crippen LogP contribution in [0.5, 0.6) is 0 Å². The largest absolute Gasteiger partial charge is 0.512 e. The second-order valence-corrected chi connectivity index (χ2v) is 17.1. The number of aryl methyl sites for hydroxylation is 1. The summed E-state index contributed by atoms with van der Waals surface area (Å²) in [7, 11) is 0. The summed E-state index contributed by atoms with van der Waals surface area (Å²) in [6, 6.07) is 68.3. The van der Waals surface area contributed by atoms with Crippen molar-refractivity contribution in [1.29, 1.82) is 0 Å². The Labute approximate surface area is 405 Å². The minimum absolute atomic E-state index is 0.00336. The van der Waals surface area contributed by atoms with Crippen LogP contribution in [0.2, 0.25) is 0 Å². The van der Waals surface area contributed by atoms with Gasteiger partial charge in [-0.15, -0.1) is 0 Å². The van der Waals surface area contributed by atoms with E-state index in [9.17, 15) is 9.90 Å². The lowest BCUT2D eigenvalue weighted by Gasteiger charge is -2.18. The van der Waals surface area contributed by atoms with Crippen LogP contribution in [-0.2, 0) is 11.2 Å². The number of aliphatic hydroxyl groups excluding tert-OH is 1. The van der Waals surface area contributed by atoms with Gasteiger partial charge >= 0.3 is 0 Å². The summed E-state index contributed by atoms with van der Waals surface area (Å²) in [5.41, 5.74) is 19.9. The summed E-state index contributed by atoms with van der Waals surface area (Å²) in [5, 5.41) is 10.0. The maximum Gasteiger partial charge on any atom is 0.159 e. The van der Waals surface area contributed by atoms with Crippen LogP contribution in [-0.4, -0.2) is 20.9 Å². The maximum absolute atomic E-state index is 13.2. The average Bonchev–Trinajstić information content (AvgIpc) is 3.40. The zero-order valence-electron chi connectivity index (χ0n) is 38.9. The number of aromatic nitrogens is 2. The van der Waals surface area contributed by atoms with Crippen molar-refractivity contribution in [3.8, 4) is 89.3 Å². The van der Waals surface area contributed by atoms with E-state index in [1.165, 1.54) is 13.0 Å². The Hall–Kier alpha value is -8.73. The van der Waals surface area contributed by atoms with Crippen LogP contribution in [0.25, 0.3) is 94.8 Å². The summed E-state index contributed by atoms with van der Waals surface area (Å²) in [4.78, 5) is 22.4. The molecule has 2 aromatic heterocycles. The summed E-state index contributed by atoms with van der Waals surface area (Å²) in [6.45, 7) is 7.80. The molecule has 0 atom stereocenters. The lowest BCUT2D eigenvalue weighted by atomic mass is 9.85. The predicted octanol–water partition coefficient (Wildman–Crippen LogP) is 16.9. The Kier molecular flexibility index (Phi) is 14.0. The van der Waals surface area contributed by atoms with Crippen LogP contribution in [0.3, 0.4) is 0 Å². The van der Waals surface area contributed by atoms with Crippen molar-refractivity contribution in [3.63, 3.8) is 0 Å². The first-order valence-corrected chi connectivity index (χ1v) is 23.3. The first-order chi connectivity index (χ1) is 33.8. The molecule has 2 heterocycles. The minimum Gasteiger partial charge on any atom is -0.512 e. The lowest BCUT2D eigenvalue weighted by molar-refractivity contribution is -0.114. The van der Waals surface area contributed by atoms with E-state index in [0.29, 0.717) is 6.42 Å². The van der Waals surface area contributed by atoms with Gasteiger partial charge in [-0.25, -0.2) is 0 Å². The molecule has 0 fully saturated rings. The Balaban J connectivity index is 1.19. The summed E-state index contributed by atoms with van der Waals surface area (Å²) < 4.78 is 0. The van der Waals surface area contributed by atoms with Gasteiger partial charge in [-0.05, 0) is 146 Å². The molecule has 0 spiro atoms. The number of benzene rings is 7. The van der Waals surface area contributed by atoms with Crippen molar-refractivity contribution in [2.75, 3.05) is 0 Å². The first-order valence-electron chi connectivity index (χ1n) is 23.3. The van der Waals surface area contributed by atoms with E-state index in [1.807, 2.05) is 80.0 Å². The average molecular weight is 893 g/mol. The highest BCUT2D eigenvalue weighted by atomic mass is 16.3. The molecule has 9 rings (SSSR count). The molecular formula is C65H52N2O2. The van der Waals surface area contributed by atoms with Crippen LogP contribution in [0.15, 0.2) is 249 Å². The monoisotopic (exact) mass is 892 g/mol. The van der Waals surface area contributed by atoms with Crippen LogP contribution in [0.1, 0.15) is 31.4 Å². The van der Waals surface area contributed by atoms with Gasteiger partial charge < -0.3 is 5.11 Å². The third kappa shape index (κ3) is 10.8. The lowest BCUT2D eigenvalue weighted by Crippen LogP contribution is -2.00. The van der Waals surface area contributed by atoms with Gasteiger partial charge in [-0.1, -0.05) is 183 Å². The normalized spacial score (nSPS) is 11.6. The van der Waals surface area contributed by atoms with E-state index in [1.54, 1.807) is 0 Å². The topological polar surface area (TPSA) is 63.1 Å². The smallest absolute Gasteiger partial charge is 0.159 e. The predicted molar refractivity (Wildman–Crippen MR) is 288 cm³/mol. The Morgan fingerprint density at radius 1 is 0.493 bits per heavy atom. The standard InChI is InChI=1S/C65H52N2O2/c1-4-5-6-15-45(2)47-22-24-48(25-23-47)53-35-37-59(54(41-53)34-36-58(69)40-46(3)68)55-42-56(62-18-9-7-16-60(62)49-26-30-51(31-27-49)64-20-11-13-38-66-64)44-57(43-55)63-19-10-8-17-61(63)50-28-32-52(33-29-50)65-21-12-14-39-67-65/h4-33,35,37-44,68H,2,34,36H2,1,3H3/b5-4-,15-6-,46-40-. The van der Waals surface area contributed by atoms with Gasteiger partial charge in [0.1, 0.15) is 0 Å². The van der Waals surface area contributed by atoms with Gasteiger partial charge in [-0.3, -0.25) is 14.8 Å². The number of nitrogens with zero attached hydrogens (tertiary/aromatic N) is 2. The molecule has 0 saturated heterocycles. The summed E-state index contributed by atoms with van der Waals surface area (Å²) >= 11 is 0. The van der Waals surface area contributed by atoms with Crippen molar-refractivity contribution < 1.29 is 9.90 Å². The third-order valence-electron chi connectivity index (χ3n) is 12.3. The number of pyridine rings is 2. The zero-order valence-corrected chi connectivity index (χ0v) is 38.9. The molecule has 0 amide bonds. The molecule has 0 saturated carbocycles. The van der Waals surface area contributed by atoms with Gasteiger partial charge in [0.25, 0.3) is 0 Å². The fraction of sp³-hybridized carbons (Fsp3) is 0.0615. The molecule has 69 heavy (non-hydrogen) atoms. The molecule has 7 aromatic carbocycles. The highest BCUT2D eigenvalue weighted by molar-refractivity contribution is 5.93. The molecule has 4 nitrogen and oxygen atoms in total.